The van der Waals surface area contributed by atoms with Gasteiger partial charge in [0.25, 0.3) is 6.20 Å². The van der Waals surface area contributed by atoms with Crippen molar-refractivity contribution in [2.45, 2.75) is 18.6 Å². The first-order valence-corrected chi connectivity index (χ1v) is 10.7. The Bertz CT molecular complexity index is 1290. The Kier molecular flexibility index (Phi) is 7.11. The smallest absolute Gasteiger partial charge is 0.416 e. The maximum Gasteiger partial charge on any atom is 0.416 e. The zero-order valence-electron chi connectivity index (χ0n) is 18.4. The van der Waals surface area contributed by atoms with Gasteiger partial charge in [-0.25, -0.2) is 4.99 Å². The Morgan fingerprint density at radius 1 is 1.03 bits per heavy atom. The Hall–Kier alpha value is -4.18. The molecule has 0 radical (unpaired) electrons. The summed E-state index contributed by atoms with van der Waals surface area (Å²) in [5, 5.41) is 18.3. The van der Waals surface area contributed by atoms with Crippen LogP contribution in [0.15, 0.2) is 94.6 Å². The van der Waals surface area contributed by atoms with Crippen molar-refractivity contribution in [2.24, 2.45) is 10.7 Å². The molecule has 4 aromatic rings. The number of nitrogens with two attached hydrogens (primary N) is 1. The number of hydrogen-bond donors (Lipinski definition) is 2. The molecule has 3 aromatic carbocycles. The lowest BCUT2D eigenvalue weighted by atomic mass is 10.0. The van der Waals surface area contributed by atoms with E-state index in [0.29, 0.717) is 6.42 Å². The molecular formula is C25H22F3N5O2. The summed E-state index contributed by atoms with van der Waals surface area (Å²) in [5.74, 6) is -0.104. The highest BCUT2D eigenvalue weighted by Gasteiger charge is 2.30. The van der Waals surface area contributed by atoms with Gasteiger partial charge in [0.15, 0.2) is 0 Å². The molecule has 1 atom stereocenters. The molecule has 0 aliphatic heterocycles. The van der Waals surface area contributed by atoms with Gasteiger partial charge < -0.3 is 16.2 Å². The summed E-state index contributed by atoms with van der Waals surface area (Å²) in [7, 11) is 0. The van der Waals surface area contributed by atoms with Gasteiger partial charge in [-0.05, 0) is 39.6 Å². The fraction of sp³-hybridized carbons (Fsp3) is 0.160. The van der Waals surface area contributed by atoms with E-state index in [1.54, 1.807) is 0 Å². The fourth-order valence-corrected chi connectivity index (χ4v) is 3.52. The van der Waals surface area contributed by atoms with E-state index in [9.17, 15) is 18.3 Å². The summed E-state index contributed by atoms with van der Waals surface area (Å²) >= 11 is 0. The van der Waals surface area contributed by atoms with Crippen LogP contribution in [0.2, 0.25) is 0 Å². The quantitative estimate of drug-likeness (QED) is 0.237. The molecule has 0 amide bonds. The van der Waals surface area contributed by atoms with Crippen molar-refractivity contribution < 1.29 is 27.5 Å². The first-order chi connectivity index (χ1) is 16.8. The number of nitrogens with one attached hydrogen (secondary N) is 1. The largest absolute Gasteiger partial charge is 0.846 e. The summed E-state index contributed by atoms with van der Waals surface area (Å²) < 4.78 is 45.1. The van der Waals surface area contributed by atoms with E-state index in [1.807, 2.05) is 54.6 Å². The predicted molar refractivity (Wildman–Crippen MR) is 123 cm³/mol. The summed E-state index contributed by atoms with van der Waals surface area (Å²) in [6, 6.07) is 21.2. The van der Waals surface area contributed by atoms with Crippen LogP contribution in [0, 0.1) is 0 Å². The highest BCUT2D eigenvalue weighted by molar-refractivity contribution is 5.87. The van der Waals surface area contributed by atoms with Gasteiger partial charge in [-0.15, -0.1) is 0 Å². The average molecular weight is 481 g/mol. The number of benzene rings is 3. The normalized spacial score (nSPS) is 13.0. The molecule has 0 saturated carbocycles. The van der Waals surface area contributed by atoms with Crippen LogP contribution in [0.25, 0.3) is 11.1 Å². The molecule has 10 heteroatoms. The highest BCUT2D eigenvalue weighted by Crippen LogP contribution is 2.30. The number of hydrogen-bond acceptors (Lipinski definition) is 5. The SMILES string of the molecule is NC[C@@H](Cc1ccc(-c2ccccc2)cc1)[n+]1cc(N=C([O-])Nc2cccc(C(F)(F)F)c2)on1. The summed E-state index contributed by atoms with van der Waals surface area (Å²) in [6.07, 6.45) is -2.53. The molecule has 1 aromatic heterocycles. The highest BCUT2D eigenvalue weighted by atomic mass is 19.4. The van der Waals surface area contributed by atoms with Gasteiger partial charge in [-0.3, -0.25) is 4.52 Å². The number of rotatable bonds is 7. The number of halogens is 3. The van der Waals surface area contributed by atoms with E-state index in [1.165, 1.54) is 23.0 Å². The number of aromatic nitrogens is 2. The van der Waals surface area contributed by atoms with Crippen LogP contribution < -0.4 is 20.8 Å². The van der Waals surface area contributed by atoms with Gasteiger partial charge >= 0.3 is 12.1 Å². The minimum atomic E-state index is -4.52. The number of aliphatic imine (C=N–C) groups is 1. The Labute approximate surface area is 199 Å². The summed E-state index contributed by atoms with van der Waals surface area (Å²) in [5.41, 5.74) is 8.27. The minimum Gasteiger partial charge on any atom is -0.846 e. The van der Waals surface area contributed by atoms with Gasteiger partial charge in [0.2, 0.25) is 11.3 Å². The topological polar surface area (TPSA) is 103 Å². The average Bonchev–Trinajstić information content (AvgIpc) is 3.31. The molecule has 180 valence electrons. The van der Waals surface area contributed by atoms with Crippen LogP contribution in [-0.4, -0.2) is 17.8 Å². The van der Waals surface area contributed by atoms with E-state index in [-0.39, 0.29) is 24.2 Å². The first-order valence-electron chi connectivity index (χ1n) is 10.7. The number of alkyl halides is 3. The molecule has 0 aliphatic rings. The van der Waals surface area contributed by atoms with E-state index in [2.05, 4.69) is 15.6 Å². The predicted octanol–water partition coefficient (Wildman–Crippen LogP) is 3.85. The third-order valence-electron chi connectivity index (χ3n) is 5.30. The van der Waals surface area contributed by atoms with Crippen LogP contribution in [0.1, 0.15) is 17.2 Å². The van der Waals surface area contributed by atoms with Crippen LogP contribution in [-0.2, 0) is 12.6 Å². The number of anilines is 1. The maximum absolute atomic E-state index is 12.8. The van der Waals surface area contributed by atoms with Crippen molar-refractivity contribution in [3.05, 3.63) is 96.2 Å². The fourth-order valence-electron chi connectivity index (χ4n) is 3.52. The van der Waals surface area contributed by atoms with Crippen molar-refractivity contribution in [2.75, 3.05) is 11.9 Å². The van der Waals surface area contributed by atoms with E-state index in [0.717, 1.165) is 28.8 Å². The lowest BCUT2D eigenvalue weighted by Crippen LogP contribution is -2.45. The second kappa shape index (κ2) is 10.4. The first kappa shape index (κ1) is 24.0. The Balaban J connectivity index is 1.42. The molecule has 0 saturated heterocycles. The van der Waals surface area contributed by atoms with Crippen LogP contribution in [0.5, 0.6) is 0 Å². The lowest BCUT2D eigenvalue weighted by molar-refractivity contribution is -0.782. The molecule has 7 nitrogen and oxygen atoms in total. The van der Waals surface area contributed by atoms with Crippen LogP contribution >= 0.6 is 0 Å². The van der Waals surface area contributed by atoms with Gasteiger partial charge in [0.1, 0.15) is 0 Å². The number of amidine groups is 1. The molecular weight excluding hydrogens is 459 g/mol. The third kappa shape index (κ3) is 6.24. The van der Waals surface area contributed by atoms with Gasteiger partial charge in [0, 0.05) is 12.1 Å². The van der Waals surface area contributed by atoms with Crippen molar-refractivity contribution >= 4 is 17.6 Å². The molecule has 1 heterocycles. The van der Waals surface area contributed by atoms with E-state index < -0.39 is 17.8 Å². The van der Waals surface area contributed by atoms with E-state index in [4.69, 9.17) is 10.3 Å². The molecule has 0 bridgehead atoms. The second-order valence-corrected chi connectivity index (χ2v) is 7.80. The molecule has 35 heavy (non-hydrogen) atoms. The van der Waals surface area contributed by atoms with Gasteiger partial charge in [0.05, 0.1) is 18.1 Å². The van der Waals surface area contributed by atoms with Gasteiger partial charge in [-0.1, -0.05) is 60.7 Å². The van der Waals surface area contributed by atoms with Crippen molar-refractivity contribution in [3.63, 3.8) is 0 Å². The maximum atomic E-state index is 12.8. The Morgan fingerprint density at radius 2 is 1.74 bits per heavy atom. The minimum absolute atomic E-state index is 0.0419. The van der Waals surface area contributed by atoms with Crippen molar-refractivity contribution in [1.29, 1.82) is 0 Å². The standard InChI is InChI=1S/C25H22F3N5O2/c26-25(27,28)20-7-4-8-21(14-20)30-24(34)31-23-16-33(32-35-23)22(15-29)13-17-9-11-19(12-10-17)18-5-2-1-3-6-18/h1-12,14,16,22H,13,15,29H2,(H-,30,31,32,34)/t22-/m1/s1. The van der Waals surface area contributed by atoms with Crippen molar-refractivity contribution in [3.8, 4) is 11.1 Å². The zero-order chi connectivity index (χ0) is 24.8. The zero-order valence-corrected chi connectivity index (χ0v) is 18.4. The molecule has 4 rings (SSSR count). The lowest BCUT2D eigenvalue weighted by Gasteiger charge is -2.14. The molecule has 3 N–H and O–H groups in total. The Morgan fingerprint density at radius 3 is 2.43 bits per heavy atom. The monoisotopic (exact) mass is 481 g/mol. The molecule has 0 aliphatic carbocycles. The van der Waals surface area contributed by atoms with E-state index >= 15 is 0 Å². The van der Waals surface area contributed by atoms with Crippen LogP contribution in [0.4, 0.5) is 24.7 Å². The molecule has 0 fully saturated rings. The third-order valence-corrected chi connectivity index (χ3v) is 5.30. The molecule has 0 unspecified atom stereocenters. The van der Waals surface area contributed by atoms with Crippen molar-refractivity contribution in [1.82, 2.24) is 5.27 Å². The second-order valence-electron chi connectivity index (χ2n) is 7.80. The van der Waals surface area contributed by atoms with Crippen LogP contribution in [0.3, 0.4) is 0 Å². The summed E-state index contributed by atoms with van der Waals surface area (Å²) in [6.45, 7) is 0.257. The number of nitrogens with zero attached hydrogens (tertiary/aromatic N) is 3. The summed E-state index contributed by atoms with van der Waals surface area (Å²) in [4.78, 5) is 3.71. The van der Waals surface area contributed by atoms with Gasteiger partial charge in [-0.2, -0.15) is 13.2 Å². The molecule has 0 spiro atoms.